The van der Waals surface area contributed by atoms with E-state index in [2.05, 4.69) is 0 Å². The van der Waals surface area contributed by atoms with Crippen molar-refractivity contribution >= 4 is 50.1 Å². The van der Waals surface area contributed by atoms with Crippen LogP contribution in [-0.4, -0.2) is 35.0 Å². The summed E-state index contributed by atoms with van der Waals surface area (Å²) in [5.74, 6) is -2.40. The van der Waals surface area contributed by atoms with Crippen molar-refractivity contribution in [2.45, 2.75) is 11.3 Å². The van der Waals surface area contributed by atoms with E-state index in [1.54, 1.807) is 18.2 Å². The minimum Gasteiger partial charge on any atom is -0.478 e. The second-order valence-electron chi connectivity index (χ2n) is 7.23. The molecular weight excluding hydrogens is 466 g/mol. The van der Waals surface area contributed by atoms with Gasteiger partial charge in [0.05, 0.1) is 22.4 Å². The summed E-state index contributed by atoms with van der Waals surface area (Å²) in [5.41, 5.74) is 0.259. The fourth-order valence-corrected chi connectivity index (χ4v) is 5.03. The molecule has 0 aliphatic heterocycles. The molecule has 0 unspecified atom stereocenters. The van der Waals surface area contributed by atoms with Crippen LogP contribution in [0.15, 0.2) is 83.9 Å². The summed E-state index contributed by atoms with van der Waals surface area (Å²) in [5, 5.41) is 9.71. The number of ketones is 2. The van der Waals surface area contributed by atoms with Gasteiger partial charge in [-0.2, -0.15) is 0 Å². The lowest BCUT2D eigenvalue weighted by Gasteiger charge is -2.07. The molecule has 33 heavy (non-hydrogen) atoms. The molecule has 0 radical (unpaired) electrons. The van der Waals surface area contributed by atoms with E-state index in [1.807, 2.05) is 0 Å². The van der Waals surface area contributed by atoms with Crippen LogP contribution in [0.3, 0.4) is 0 Å². The van der Waals surface area contributed by atoms with Crippen molar-refractivity contribution < 1.29 is 27.9 Å². The van der Waals surface area contributed by atoms with Crippen LogP contribution in [0.5, 0.6) is 0 Å². The Labute approximate surface area is 193 Å². The zero-order valence-corrected chi connectivity index (χ0v) is 18.5. The molecule has 3 aromatic carbocycles. The Hall–Kier alpha value is -3.75. The van der Waals surface area contributed by atoms with Crippen molar-refractivity contribution in [1.29, 1.82) is 0 Å². The topological polar surface area (TPSA) is 111 Å². The SMILES string of the molecule is O=C(O)c1cccc(C(=O)CC(=O)c2cn(S(=O)(=O)c3ccccc3)c3ccc(Cl)cc23)c1. The van der Waals surface area contributed by atoms with Gasteiger partial charge < -0.3 is 5.11 Å². The summed E-state index contributed by atoms with van der Waals surface area (Å²) in [4.78, 5) is 36.9. The van der Waals surface area contributed by atoms with Gasteiger partial charge >= 0.3 is 5.97 Å². The molecule has 9 heteroatoms. The number of fused-ring (bicyclic) bond motifs is 1. The van der Waals surface area contributed by atoms with Gasteiger partial charge in [-0.1, -0.05) is 41.9 Å². The average molecular weight is 482 g/mol. The lowest BCUT2D eigenvalue weighted by molar-refractivity contribution is 0.0696. The van der Waals surface area contributed by atoms with Gasteiger partial charge in [0.1, 0.15) is 0 Å². The number of Topliss-reactive ketones (excluding diaryl/α,β-unsaturated/α-hetero) is 2. The molecular formula is C24H16ClNO6S. The first-order valence-corrected chi connectivity index (χ1v) is 11.5. The Morgan fingerprint density at radius 1 is 0.848 bits per heavy atom. The molecule has 0 atom stereocenters. The molecule has 4 aromatic rings. The number of hydrogen-bond donors (Lipinski definition) is 1. The van der Waals surface area contributed by atoms with Gasteiger partial charge in [0.2, 0.25) is 0 Å². The van der Waals surface area contributed by atoms with Crippen LogP contribution in [-0.2, 0) is 10.0 Å². The maximum absolute atomic E-state index is 13.2. The number of nitrogens with zero attached hydrogens (tertiary/aromatic N) is 1. The smallest absolute Gasteiger partial charge is 0.335 e. The number of carboxylic acids is 1. The van der Waals surface area contributed by atoms with Crippen LogP contribution >= 0.6 is 11.6 Å². The molecule has 0 saturated carbocycles. The highest BCUT2D eigenvalue weighted by molar-refractivity contribution is 7.90. The molecule has 0 spiro atoms. The number of carboxylic acid groups (broad SMARTS) is 1. The Kier molecular flexibility index (Phi) is 5.88. The first-order valence-electron chi connectivity index (χ1n) is 9.69. The highest BCUT2D eigenvalue weighted by Crippen LogP contribution is 2.29. The van der Waals surface area contributed by atoms with Gasteiger partial charge in [0, 0.05) is 27.7 Å². The average Bonchev–Trinajstić information content (AvgIpc) is 3.19. The molecule has 0 amide bonds. The first-order chi connectivity index (χ1) is 15.7. The molecule has 0 aliphatic carbocycles. The van der Waals surface area contributed by atoms with Crippen molar-refractivity contribution in [1.82, 2.24) is 3.97 Å². The van der Waals surface area contributed by atoms with Crippen molar-refractivity contribution in [2.75, 3.05) is 0 Å². The quantitative estimate of drug-likeness (QED) is 0.303. The Morgan fingerprint density at radius 2 is 1.55 bits per heavy atom. The van der Waals surface area contributed by atoms with Crippen molar-refractivity contribution in [3.8, 4) is 0 Å². The fraction of sp³-hybridized carbons (Fsp3) is 0.0417. The number of carbonyl (C=O) groups is 3. The third kappa shape index (κ3) is 4.30. The summed E-state index contributed by atoms with van der Waals surface area (Å²) in [6.45, 7) is 0. The van der Waals surface area contributed by atoms with E-state index in [0.29, 0.717) is 10.4 Å². The summed E-state index contributed by atoms with van der Waals surface area (Å²) in [7, 11) is -4.02. The van der Waals surface area contributed by atoms with E-state index in [0.717, 1.165) is 3.97 Å². The predicted octanol–water partition coefficient (Wildman–Crippen LogP) is 4.69. The minimum atomic E-state index is -4.02. The minimum absolute atomic E-state index is 0.0229. The summed E-state index contributed by atoms with van der Waals surface area (Å²) in [6, 6.07) is 17.6. The third-order valence-corrected chi connectivity index (χ3v) is 7.01. The number of rotatable bonds is 7. The monoisotopic (exact) mass is 481 g/mol. The normalized spacial score (nSPS) is 11.4. The number of carbonyl (C=O) groups excluding carboxylic acids is 2. The standard InChI is InChI=1S/C24H16ClNO6S/c25-17-9-10-21-19(12-17)20(14-26(21)33(31,32)18-7-2-1-3-8-18)23(28)13-22(27)15-5-4-6-16(11-15)24(29)30/h1-12,14H,13H2,(H,29,30). The highest BCUT2D eigenvalue weighted by atomic mass is 35.5. The molecule has 0 saturated heterocycles. The van der Waals surface area contributed by atoms with Crippen molar-refractivity contribution in [2.24, 2.45) is 0 Å². The molecule has 0 bridgehead atoms. The molecule has 166 valence electrons. The number of aromatic carboxylic acids is 1. The van der Waals surface area contributed by atoms with E-state index in [4.69, 9.17) is 16.7 Å². The largest absolute Gasteiger partial charge is 0.478 e. The molecule has 0 fully saturated rings. The highest BCUT2D eigenvalue weighted by Gasteiger charge is 2.25. The third-order valence-electron chi connectivity index (χ3n) is 5.09. The van der Waals surface area contributed by atoms with Gasteiger partial charge in [-0.15, -0.1) is 0 Å². The van der Waals surface area contributed by atoms with Crippen LogP contribution in [0.1, 0.15) is 37.5 Å². The number of benzene rings is 3. The van der Waals surface area contributed by atoms with Gasteiger partial charge in [-0.05, 0) is 42.5 Å². The van der Waals surface area contributed by atoms with Gasteiger partial charge in [-0.3, -0.25) is 9.59 Å². The zero-order valence-electron chi connectivity index (χ0n) is 16.9. The maximum Gasteiger partial charge on any atom is 0.335 e. The molecule has 1 aromatic heterocycles. The fourth-order valence-electron chi connectivity index (χ4n) is 3.47. The molecule has 7 nitrogen and oxygen atoms in total. The van der Waals surface area contributed by atoms with E-state index < -0.39 is 34.0 Å². The zero-order chi connectivity index (χ0) is 23.8. The van der Waals surface area contributed by atoms with E-state index in [9.17, 15) is 22.8 Å². The van der Waals surface area contributed by atoms with Gasteiger partial charge in [0.15, 0.2) is 11.6 Å². The molecule has 4 rings (SSSR count). The Bertz CT molecular complexity index is 1520. The van der Waals surface area contributed by atoms with Crippen molar-refractivity contribution in [3.05, 3.63) is 101 Å². The lowest BCUT2D eigenvalue weighted by atomic mass is 10.00. The van der Waals surface area contributed by atoms with Gasteiger partial charge in [-0.25, -0.2) is 17.2 Å². The van der Waals surface area contributed by atoms with Crippen LogP contribution < -0.4 is 0 Å². The first kappa shape index (κ1) is 22.4. The second-order valence-corrected chi connectivity index (χ2v) is 9.48. The number of aromatic nitrogens is 1. The van der Waals surface area contributed by atoms with Crippen LogP contribution in [0, 0.1) is 0 Å². The summed E-state index contributed by atoms with van der Waals surface area (Å²) in [6.07, 6.45) is 0.618. The van der Waals surface area contributed by atoms with Crippen molar-refractivity contribution in [3.63, 3.8) is 0 Å². The lowest BCUT2D eigenvalue weighted by Crippen LogP contribution is -2.12. The molecule has 1 N–H and O–H groups in total. The number of halogens is 1. The molecule has 1 heterocycles. The second kappa shape index (κ2) is 8.65. The van der Waals surface area contributed by atoms with E-state index >= 15 is 0 Å². The number of hydrogen-bond acceptors (Lipinski definition) is 5. The summed E-state index contributed by atoms with van der Waals surface area (Å²) >= 11 is 6.09. The molecule has 0 aliphatic rings. The predicted molar refractivity (Wildman–Crippen MR) is 123 cm³/mol. The van der Waals surface area contributed by atoms with Crippen LogP contribution in [0.25, 0.3) is 10.9 Å². The Balaban J connectivity index is 1.76. The summed E-state index contributed by atoms with van der Waals surface area (Å²) < 4.78 is 27.4. The van der Waals surface area contributed by atoms with Crippen LogP contribution in [0.4, 0.5) is 0 Å². The van der Waals surface area contributed by atoms with E-state index in [-0.39, 0.29) is 27.1 Å². The van der Waals surface area contributed by atoms with Crippen LogP contribution in [0.2, 0.25) is 5.02 Å². The van der Waals surface area contributed by atoms with E-state index in [1.165, 1.54) is 60.8 Å². The maximum atomic E-state index is 13.2. The Morgan fingerprint density at radius 3 is 2.24 bits per heavy atom. The van der Waals surface area contributed by atoms with Gasteiger partial charge in [0.25, 0.3) is 10.0 Å².